The zero-order valence-corrected chi connectivity index (χ0v) is 20.5. The Labute approximate surface area is 207 Å². The van der Waals surface area contributed by atoms with Crippen LogP contribution < -0.4 is 0 Å². The zero-order chi connectivity index (χ0) is 24.5. The number of alkyl halides is 4. The summed E-state index contributed by atoms with van der Waals surface area (Å²) in [5.74, 6) is -0.384. The molecule has 0 amide bonds. The van der Waals surface area contributed by atoms with E-state index in [4.69, 9.17) is 65.4 Å². The lowest BCUT2D eigenvalue weighted by Gasteiger charge is -2.33. The Balaban J connectivity index is 5.25. The molecule has 0 radical (unpaired) electrons. The Morgan fingerprint density at radius 2 is 0.906 bits per heavy atom. The summed E-state index contributed by atoms with van der Waals surface area (Å²) in [6.07, 6.45) is -9.37. The van der Waals surface area contributed by atoms with Crippen LogP contribution in [0.3, 0.4) is 0 Å². The minimum atomic E-state index is -1.52. The molecule has 14 heteroatoms. The van der Waals surface area contributed by atoms with Gasteiger partial charge in [-0.3, -0.25) is 0 Å². The molecule has 32 heavy (non-hydrogen) atoms. The van der Waals surface area contributed by atoms with Crippen molar-refractivity contribution in [3.63, 3.8) is 0 Å². The fourth-order valence-electron chi connectivity index (χ4n) is 2.27. The lowest BCUT2D eigenvalue weighted by Crippen LogP contribution is -2.51. The summed E-state index contributed by atoms with van der Waals surface area (Å²) in [7, 11) is 0. The van der Waals surface area contributed by atoms with Gasteiger partial charge in [0.15, 0.2) is 0 Å². The topological polar surface area (TPSA) is 158 Å². The number of hydrogen-bond acceptors (Lipinski definition) is 10. The van der Waals surface area contributed by atoms with Crippen molar-refractivity contribution in [3.8, 4) is 0 Å². The van der Waals surface area contributed by atoms with Crippen LogP contribution in [0.1, 0.15) is 0 Å². The summed E-state index contributed by atoms with van der Waals surface area (Å²) >= 11 is 22.1. The maximum absolute atomic E-state index is 10.9. The summed E-state index contributed by atoms with van der Waals surface area (Å²) in [5, 5.41) is 59.7. The van der Waals surface area contributed by atoms with Gasteiger partial charge in [0.05, 0.1) is 87.6 Å². The van der Waals surface area contributed by atoms with Gasteiger partial charge >= 0.3 is 0 Å². The predicted molar refractivity (Wildman–Crippen MR) is 120 cm³/mol. The molecule has 6 N–H and O–H groups in total. The summed E-state index contributed by atoms with van der Waals surface area (Å²) in [6, 6.07) is 0. The van der Waals surface area contributed by atoms with E-state index >= 15 is 0 Å². The van der Waals surface area contributed by atoms with Crippen LogP contribution in [0.5, 0.6) is 0 Å². The molecule has 0 rings (SSSR count). The van der Waals surface area contributed by atoms with Crippen molar-refractivity contribution in [2.75, 3.05) is 63.2 Å². The third kappa shape index (κ3) is 14.9. The molecule has 0 saturated carbocycles. The molecule has 0 bridgehead atoms. The minimum absolute atomic E-state index is 0.0642. The third-order valence-corrected chi connectivity index (χ3v) is 5.41. The van der Waals surface area contributed by atoms with Gasteiger partial charge < -0.3 is 49.6 Å². The van der Waals surface area contributed by atoms with Crippen molar-refractivity contribution < 1.29 is 49.6 Å². The molecule has 0 aliphatic carbocycles. The highest BCUT2D eigenvalue weighted by atomic mass is 35.5. The summed E-state index contributed by atoms with van der Waals surface area (Å²) in [6.45, 7) is -1.45. The van der Waals surface area contributed by atoms with Crippen LogP contribution in [0.15, 0.2) is 0 Å². The highest BCUT2D eigenvalue weighted by molar-refractivity contribution is 6.18. The van der Waals surface area contributed by atoms with Crippen molar-refractivity contribution in [2.24, 2.45) is 0 Å². The fourth-order valence-corrected chi connectivity index (χ4v) is 2.63. The van der Waals surface area contributed by atoms with Gasteiger partial charge in [0, 0.05) is 0 Å². The highest BCUT2D eigenvalue weighted by Crippen LogP contribution is 2.15. The van der Waals surface area contributed by atoms with Crippen molar-refractivity contribution in [1.29, 1.82) is 0 Å². The molecule has 0 saturated heterocycles. The summed E-state index contributed by atoms with van der Waals surface area (Å²) in [4.78, 5) is 0. The van der Waals surface area contributed by atoms with Gasteiger partial charge in [-0.2, -0.15) is 0 Å². The monoisotopic (exact) mass is 550 g/mol. The van der Waals surface area contributed by atoms with Crippen LogP contribution >= 0.6 is 46.4 Å². The second-order valence-electron chi connectivity index (χ2n) is 7.04. The molecule has 0 aromatic carbocycles. The van der Waals surface area contributed by atoms with Gasteiger partial charge in [-0.05, 0) is 0 Å². The molecule has 0 fully saturated rings. The van der Waals surface area contributed by atoms with Crippen LogP contribution in [0, 0.1) is 0 Å². The molecule has 8 unspecified atom stereocenters. The average Bonchev–Trinajstić information content (AvgIpc) is 2.79. The SMILES string of the molecule is OC(CCl)COCC(O)C(OCC(O)CCl)C(O)C(COCC(O)CCl)OCC(O)CCl. The van der Waals surface area contributed by atoms with Crippen molar-refractivity contribution in [3.05, 3.63) is 0 Å². The van der Waals surface area contributed by atoms with Gasteiger partial charge in [-0.15, -0.1) is 46.4 Å². The van der Waals surface area contributed by atoms with E-state index in [9.17, 15) is 30.6 Å². The molecule has 8 atom stereocenters. The van der Waals surface area contributed by atoms with E-state index in [-0.39, 0.29) is 63.2 Å². The van der Waals surface area contributed by atoms with Gasteiger partial charge in [0.2, 0.25) is 0 Å². The molecular weight excluding hydrogens is 518 g/mol. The fraction of sp³-hybridized carbons (Fsp3) is 1.00. The molecule has 0 aliphatic heterocycles. The van der Waals surface area contributed by atoms with Crippen LogP contribution in [0.4, 0.5) is 0 Å². The number of ether oxygens (including phenoxy) is 4. The highest BCUT2D eigenvalue weighted by Gasteiger charge is 2.36. The number of aliphatic hydroxyl groups excluding tert-OH is 6. The third-order valence-electron chi connectivity index (χ3n) is 3.98. The zero-order valence-electron chi connectivity index (χ0n) is 17.5. The Morgan fingerprint density at radius 1 is 0.500 bits per heavy atom. The van der Waals surface area contributed by atoms with E-state index in [1.54, 1.807) is 0 Å². The molecular formula is C18H34Cl4O10. The summed E-state index contributed by atoms with van der Waals surface area (Å²) in [5.41, 5.74) is 0. The lowest BCUT2D eigenvalue weighted by molar-refractivity contribution is -0.181. The van der Waals surface area contributed by atoms with E-state index in [0.717, 1.165) is 0 Å². The first-order valence-electron chi connectivity index (χ1n) is 9.90. The largest absolute Gasteiger partial charge is 0.389 e. The van der Waals surface area contributed by atoms with Gasteiger partial charge in [-0.1, -0.05) is 0 Å². The van der Waals surface area contributed by atoms with Crippen molar-refractivity contribution in [1.82, 2.24) is 0 Å². The first-order valence-corrected chi connectivity index (χ1v) is 12.0. The van der Waals surface area contributed by atoms with Crippen molar-refractivity contribution in [2.45, 2.75) is 48.8 Å². The second kappa shape index (κ2) is 20.0. The normalized spacial score (nSPS) is 19.7. The molecule has 10 nitrogen and oxygen atoms in total. The van der Waals surface area contributed by atoms with Gasteiger partial charge in [0.25, 0.3) is 0 Å². The predicted octanol–water partition coefficient (Wildman–Crippen LogP) is -1.09. The number of halogens is 4. The van der Waals surface area contributed by atoms with Gasteiger partial charge in [0.1, 0.15) is 24.4 Å². The summed E-state index contributed by atoms with van der Waals surface area (Å²) < 4.78 is 21.5. The molecule has 0 aromatic rings. The smallest absolute Gasteiger partial charge is 0.114 e. The van der Waals surface area contributed by atoms with E-state index in [1.165, 1.54) is 0 Å². The lowest BCUT2D eigenvalue weighted by atomic mass is 10.0. The number of hydrogen-bond donors (Lipinski definition) is 6. The van der Waals surface area contributed by atoms with Crippen LogP contribution in [-0.2, 0) is 18.9 Å². The molecule has 0 heterocycles. The first-order chi connectivity index (χ1) is 15.2. The van der Waals surface area contributed by atoms with E-state index in [2.05, 4.69) is 0 Å². The van der Waals surface area contributed by atoms with E-state index < -0.39 is 48.8 Å². The quantitative estimate of drug-likeness (QED) is 0.0968. The minimum Gasteiger partial charge on any atom is -0.389 e. The molecule has 0 aliphatic rings. The maximum atomic E-state index is 10.9. The Bertz CT molecular complexity index is 443. The van der Waals surface area contributed by atoms with Crippen molar-refractivity contribution >= 4 is 46.4 Å². The molecule has 194 valence electrons. The second-order valence-corrected chi connectivity index (χ2v) is 8.27. The standard InChI is InChI=1S/C18H34Cl4O10/c19-1-11(23)5-29-9-15(27)18(32-8-14(26)4-22)17(28)16(31-7-13(25)3-21)10-30-6-12(24)2-20/h11-18,23-28H,1-10H2. The number of aliphatic hydroxyl groups is 6. The molecule has 0 aromatic heterocycles. The Kier molecular flexibility index (Phi) is 20.5. The van der Waals surface area contributed by atoms with Crippen LogP contribution in [-0.4, -0.2) is 143 Å². The van der Waals surface area contributed by atoms with Gasteiger partial charge in [-0.25, -0.2) is 0 Å². The van der Waals surface area contributed by atoms with E-state index in [0.29, 0.717) is 0 Å². The first kappa shape index (κ1) is 32.8. The maximum Gasteiger partial charge on any atom is 0.114 e. The Morgan fingerprint density at radius 3 is 1.38 bits per heavy atom. The van der Waals surface area contributed by atoms with E-state index in [1.807, 2.05) is 0 Å². The average molecular weight is 552 g/mol. The number of rotatable bonds is 21. The molecule has 0 spiro atoms. The van der Waals surface area contributed by atoms with Crippen LogP contribution in [0.2, 0.25) is 0 Å². The van der Waals surface area contributed by atoms with Crippen LogP contribution in [0.25, 0.3) is 0 Å². The Hall–Kier alpha value is 0.760.